The van der Waals surface area contributed by atoms with Crippen LogP contribution in [0.1, 0.15) is 12.8 Å². The molecule has 0 aliphatic carbocycles. The van der Waals surface area contributed by atoms with Gasteiger partial charge < -0.3 is 14.8 Å². The molecule has 9 heteroatoms. The van der Waals surface area contributed by atoms with Crippen LogP contribution in [-0.2, 0) is 14.8 Å². The number of hydrogen-bond acceptors (Lipinski definition) is 5. The van der Waals surface area contributed by atoms with Crippen LogP contribution in [0.2, 0.25) is 5.02 Å². The van der Waals surface area contributed by atoms with E-state index < -0.39 is 10.0 Å². The topological polar surface area (TPSA) is 76.7 Å². The van der Waals surface area contributed by atoms with E-state index in [0.29, 0.717) is 11.6 Å². The summed E-state index contributed by atoms with van der Waals surface area (Å²) in [7, 11) is -0.693. The standard InChI is InChI=1S/C14H21ClN2O4S.ClH/c1-20-10-14(6-3-7-16-14)9-17-22(18,19)13-8-11(15)4-5-12(13)21-2;/h4-5,8,16-17H,3,6-7,9-10H2,1-2H3;1H. The number of halogens is 2. The summed E-state index contributed by atoms with van der Waals surface area (Å²) in [6.45, 7) is 1.55. The van der Waals surface area contributed by atoms with Crippen molar-refractivity contribution in [2.75, 3.05) is 33.9 Å². The van der Waals surface area contributed by atoms with Gasteiger partial charge in [0.1, 0.15) is 10.6 Å². The number of nitrogens with one attached hydrogen (secondary N) is 2. The maximum Gasteiger partial charge on any atom is 0.244 e. The van der Waals surface area contributed by atoms with Crippen LogP contribution in [0.5, 0.6) is 5.75 Å². The Labute approximate surface area is 148 Å². The van der Waals surface area contributed by atoms with Gasteiger partial charge in [0.25, 0.3) is 0 Å². The summed E-state index contributed by atoms with van der Waals surface area (Å²) in [5, 5.41) is 3.67. The third kappa shape index (κ3) is 4.95. The number of benzene rings is 1. The average molecular weight is 385 g/mol. The zero-order valence-corrected chi connectivity index (χ0v) is 15.5. The molecular weight excluding hydrogens is 363 g/mol. The number of hydrogen-bond donors (Lipinski definition) is 2. The Morgan fingerprint density at radius 3 is 2.70 bits per heavy atom. The first kappa shape index (κ1) is 20.5. The fraction of sp³-hybridized carbons (Fsp3) is 0.571. The Morgan fingerprint density at radius 1 is 1.39 bits per heavy atom. The number of ether oxygens (including phenoxy) is 2. The zero-order chi connectivity index (χ0) is 16.2. The van der Waals surface area contributed by atoms with E-state index in [1.807, 2.05) is 0 Å². The van der Waals surface area contributed by atoms with Gasteiger partial charge in [-0.25, -0.2) is 13.1 Å². The lowest BCUT2D eigenvalue weighted by atomic mass is 9.99. The Kier molecular flexibility index (Phi) is 7.57. The first-order chi connectivity index (χ1) is 10.4. The molecule has 1 fully saturated rings. The van der Waals surface area contributed by atoms with E-state index in [-0.39, 0.29) is 35.1 Å². The predicted molar refractivity (Wildman–Crippen MR) is 92.3 cm³/mol. The maximum atomic E-state index is 12.5. The van der Waals surface area contributed by atoms with Gasteiger partial charge in [-0.2, -0.15) is 0 Å². The summed E-state index contributed by atoms with van der Waals surface area (Å²) in [4.78, 5) is 0.0352. The van der Waals surface area contributed by atoms with Crippen molar-refractivity contribution in [3.8, 4) is 5.75 Å². The first-order valence-electron chi connectivity index (χ1n) is 7.00. The Bertz CT molecular complexity index is 619. The lowest BCUT2D eigenvalue weighted by Gasteiger charge is -2.29. The van der Waals surface area contributed by atoms with E-state index in [1.165, 1.54) is 19.2 Å². The SMILES string of the molecule is COCC1(CNS(=O)(=O)c2cc(Cl)ccc2OC)CCCN1.Cl. The molecule has 1 aliphatic rings. The minimum Gasteiger partial charge on any atom is -0.495 e. The van der Waals surface area contributed by atoms with E-state index in [4.69, 9.17) is 21.1 Å². The van der Waals surface area contributed by atoms with Crippen molar-refractivity contribution in [2.24, 2.45) is 0 Å². The monoisotopic (exact) mass is 384 g/mol. The fourth-order valence-electron chi connectivity index (χ4n) is 2.64. The van der Waals surface area contributed by atoms with Gasteiger partial charge in [0, 0.05) is 18.7 Å². The molecule has 1 heterocycles. The van der Waals surface area contributed by atoms with Crippen molar-refractivity contribution in [3.63, 3.8) is 0 Å². The second-order valence-electron chi connectivity index (χ2n) is 5.36. The van der Waals surface area contributed by atoms with Crippen LogP contribution in [0, 0.1) is 0 Å². The number of sulfonamides is 1. The Hall–Kier alpha value is -0.570. The minimum atomic E-state index is -3.72. The van der Waals surface area contributed by atoms with Crippen LogP contribution < -0.4 is 14.8 Å². The molecule has 0 spiro atoms. The molecule has 0 amide bonds. The van der Waals surface area contributed by atoms with Crippen LogP contribution in [0.15, 0.2) is 23.1 Å². The highest BCUT2D eigenvalue weighted by molar-refractivity contribution is 7.89. The molecule has 1 atom stereocenters. The summed E-state index contributed by atoms with van der Waals surface area (Å²) in [6.07, 6.45) is 1.85. The van der Waals surface area contributed by atoms with Crippen molar-refractivity contribution in [1.82, 2.24) is 10.0 Å². The van der Waals surface area contributed by atoms with Crippen molar-refractivity contribution >= 4 is 34.0 Å². The van der Waals surface area contributed by atoms with Gasteiger partial charge in [0.05, 0.1) is 19.3 Å². The lowest BCUT2D eigenvalue weighted by molar-refractivity contribution is 0.122. The molecule has 1 aromatic carbocycles. The van der Waals surface area contributed by atoms with Crippen molar-refractivity contribution in [1.29, 1.82) is 0 Å². The second-order valence-corrected chi connectivity index (χ2v) is 7.54. The summed E-state index contributed by atoms with van der Waals surface area (Å²) in [6, 6.07) is 4.51. The minimum absolute atomic E-state index is 0. The van der Waals surface area contributed by atoms with E-state index in [1.54, 1.807) is 13.2 Å². The van der Waals surface area contributed by atoms with Gasteiger partial charge in [-0.05, 0) is 37.6 Å². The van der Waals surface area contributed by atoms with Gasteiger partial charge in [-0.3, -0.25) is 0 Å². The third-order valence-electron chi connectivity index (χ3n) is 3.77. The smallest absolute Gasteiger partial charge is 0.244 e. The van der Waals surface area contributed by atoms with E-state index >= 15 is 0 Å². The summed E-state index contributed by atoms with van der Waals surface area (Å²) < 4.78 is 38.1. The van der Waals surface area contributed by atoms with Crippen molar-refractivity contribution in [2.45, 2.75) is 23.3 Å². The van der Waals surface area contributed by atoms with Crippen molar-refractivity contribution < 1.29 is 17.9 Å². The molecule has 0 bridgehead atoms. The quantitative estimate of drug-likeness (QED) is 0.749. The van der Waals surface area contributed by atoms with Gasteiger partial charge >= 0.3 is 0 Å². The first-order valence-corrected chi connectivity index (χ1v) is 8.86. The largest absolute Gasteiger partial charge is 0.495 e. The van der Waals surface area contributed by atoms with Crippen LogP contribution in [0.4, 0.5) is 0 Å². The molecular formula is C14H22Cl2N2O4S. The normalized spacial score (nSPS) is 21.0. The highest BCUT2D eigenvalue weighted by Crippen LogP contribution is 2.27. The maximum absolute atomic E-state index is 12.5. The molecule has 132 valence electrons. The van der Waals surface area contributed by atoms with E-state index in [2.05, 4.69) is 10.0 Å². The third-order valence-corrected chi connectivity index (χ3v) is 5.43. The molecule has 1 unspecified atom stereocenters. The average Bonchev–Trinajstić information content (AvgIpc) is 2.95. The van der Waals surface area contributed by atoms with Crippen LogP contribution in [0.3, 0.4) is 0 Å². The molecule has 0 saturated carbocycles. The molecule has 6 nitrogen and oxygen atoms in total. The highest BCUT2D eigenvalue weighted by Gasteiger charge is 2.35. The Morgan fingerprint density at radius 2 is 2.13 bits per heavy atom. The summed E-state index contributed by atoms with van der Waals surface area (Å²) >= 11 is 5.90. The number of rotatable bonds is 7. The summed E-state index contributed by atoms with van der Waals surface area (Å²) in [5.41, 5.74) is -0.367. The van der Waals surface area contributed by atoms with Gasteiger partial charge in [0.15, 0.2) is 0 Å². The van der Waals surface area contributed by atoms with E-state index in [9.17, 15) is 8.42 Å². The van der Waals surface area contributed by atoms with Crippen molar-refractivity contribution in [3.05, 3.63) is 23.2 Å². The van der Waals surface area contributed by atoms with Gasteiger partial charge in [-0.15, -0.1) is 12.4 Å². The zero-order valence-electron chi connectivity index (χ0n) is 13.1. The predicted octanol–water partition coefficient (Wildman–Crippen LogP) is 1.82. The molecule has 1 saturated heterocycles. The fourth-order valence-corrected chi connectivity index (χ4v) is 4.20. The summed E-state index contributed by atoms with van der Waals surface area (Å²) in [5.74, 6) is 0.261. The molecule has 1 aromatic rings. The second kappa shape index (κ2) is 8.50. The Balaban J connectivity index is 0.00000264. The highest BCUT2D eigenvalue weighted by atomic mass is 35.5. The lowest BCUT2D eigenvalue weighted by Crippen LogP contribution is -2.52. The molecule has 23 heavy (non-hydrogen) atoms. The molecule has 0 radical (unpaired) electrons. The van der Waals surface area contributed by atoms with Crippen LogP contribution in [-0.4, -0.2) is 47.9 Å². The van der Waals surface area contributed by atoms with Gasteiger partial charge in [0.2, 0.25) is 10.0 Å². The number of methoxy groups -OCH3 is 2. The molecule has 0 aromatic heterocycles. The molecule has 1 aliphatic heterocycles. The molecule has 2 N–H and O–H groups in total. The van der Waals surface area contributed by atoms with Crippen LogP contribution >= 0.6 is 24.0 Å². The van der Waals surface area contributed by atoms with E-state index in [0.717, 1.165) is 19.4 Å². The van der Waals surface area contributed by atoms with Gasteiger partial charge in [-0.1, -0.05) is 11.6 Å². The van der Waals surface area contributed by atoms with Crippen LogP contribution in [0.25, 0.3) is 0 Å². The molecule has 2 rings (SSSR count).